The summed E-state index contributed by atoms with van der Waals surface area (Å²) in [5.41, 5.74) is 11.2. The number of pyridine rings is 1. The van der Waals surface area contributed by atoms with Crippen LogP contribution in [0.1, 0.15) is 17.0 Å². The Bertz CT molecular complexity index is 804. The Kier molecular flexibility index (Phi) is 3.25. The minimum Gasteiger partial charge on any atom is -0.398 e. The number of rotatable bonds is 3. The van der Waals surface area contributed by atoms with Gasteiger partial charge in [-0.25, -0.2) is 0 Å². The molecule has 21 heavy (non-hydrogen) atoms. The fraction of sp³-hybridized carbons (Fsp3) is 0.250. The smallest absolute Gasteiger partial charge is 0.0542 e. The summed E-state index contributed by atoms with van der Waals surface area (Å²) in [4.78, 5) is 4.32. The molecule has 0 spiro atoms. The van der Waals surface area contributed by atoms with Gasteiger partial charge in [-0.15, -0.1) is 0 Å². The van der Waals surface area contributed by atoms with Crippen LogP contribution < -0.4 is 11.1 Å². The van der Waals surface area contributed by atoms with Crippen LogP contribution in [-0.4, -0.2) is 14.8 Å². The van der Waals surface area contributed by atoms with Crippen LogP contribution in [0, 0.1) is 13.8 Å². The van der Waals surface area contributed by atoms with Gasteiger partial charge in [0.2, 0.25) is 0 Å². The Balaban J connectivity index is 1.95. The fourth-order valence-corrected chi connectivity index (χ4v) is 2.43. The van der Waals surface area contributed by atoms with Crippen LogP contribution in [0.25, 0.3) is 10.8 Å². The number of aryl methyl sites for hydroxylation is 2. The monoisotopic (exact) mass is 281 g/mol. The van der Waals surface area contributed by atoms with Crippen LogP contribution in [0.2, 0.25) is 0 Å². The molecular weight excluding hydrogens is 262 g/mol. The summed E-state index contributed by atoms with van der Waals surface area (Å²) in [6, 6.07) is 5.99. The van der Waals surface area contributed by atoms with E-state index < -0.39 is 0 Å². The van der Waals surface area contributed by atoms with Crippen LogP contribution in [-0.2, 0) is 13.6 Å². The van der Waals surface area contributed by atoms with Gasteiger partial charge >= 0.3 is 0 Å². The Morgan fingerprint density at radius 1 is 1.19 bits per heavy atom. The molecule has 5 nitrogen and oxygen atoms in total. The van der Waals surface area contributed by atoms with Gasteiger partial charge in [0.15, 0.2) is 0 Å². The van der Waals surface area contributed by atoms with Gasteiger partial charge in [-0.2, -0.15) is 5.10 Å². The highest BCUT2D eigenvalue weighted by Gasteiger charge is 2.07. The molecule has 0 aliphatic rings. The summed E-state index contributed by atoms with van der Waals surface area (Å²) < 4.78 is 1.88. The molecule has 108 valence electrons. The maximum absolute atomic E-state index is 6.03. The topological polar surface area (TPSA) is 68.8 Å². The molecule has 0 bridgehead atoms. The molecule has 0 unspecified atom stereocenters. The third-order valence-electron chi connectivity index (χ3n) is 3.88. The Labute approximate surface area is 123 Å². The number of nitrogen functional groups attached to an aromatic ring is 1. The first-order valence-corrected chi connectivity index (χ1v) is 6.92. The number of hydrogen-bond acceptors (Lipinski definition) is 4. The zero-order valence-corrected chi connectivity index (χ0v) is 12.5. The number of fused-ring (bicyclic) bond motifs is 1. The maximum Gasteiger partial charge on any atom is 0.0542 e. The SMILES string of the molecule is Cc1cc2c(NCc3cnn(C)c3C)ccc(N)c2cn1. The second-order valence-corrected chi connectivity index (χ2v) is 5.31. The molecule has 0 aliphatic heterocycles. The van der Waals surface area contributed by atoms with Crippen molar-refractivity contribution in [2.24, 2.45) is 7.05 Å². The van der Waals surface area contributed by atoms with Crippen molar-refractivity contribution in [3.05, 3.63) is 47.5 Å². The van der Waals surface area contributed by atoms with Gasteiger partial charge in [0.25, 0.3) is 0 Å². The highest BCUT2D eigenvalue weighted by atomic mass is 15.3. The third-order valence-corrected chi connectivity index (χ3v) is 3.88. The average molecular weight is 281 g/mol. The summed E-state index contributed by atoms with van der Waals surface area (Å²) in [7, 11) is 1.95. The quantitative estimate of drug-likeness (QED) is 0.724. The maximum atomic E-state index is 6.03. The highest BCUT2D eigenvalue weighted by Crippen LogP contribution is 2.28. The van der Waals surface area contributed by atoms with E-state index in [1.165, 1.54) is 11.3 Å². The summed E-state index contributed by atoms with van der Waals surface area (Å²) in [5, 5.41) is 9.82. The van der Waals surface area contributed by atoms with E-state index in [2.05, 4.69) is 28.4 Å². The summed E-state index contributed by atoms with van der Waals surface area (Å²) in [5.74, 6) is 0. The van der Waals surface area contributed by atoms with Gasteiger partial charge in [0.05, 0.1) is 6.20 Å². The van der Waals surface area contributed by atoms with E-state index in [-0.39, 0.29) is 0 Å². The zero-order valence-electron chi connectivity index (χ0n) is 12.5. The largest absolute Gasteiger partial charge is 0.398 e. The number of nitrogens with one attached hydrogen (secondary N) is 1. The number of nitrogens with zero attached hydrogens (tertiary/aromatic N) is 3. The van der Waals surface area contributed by atoms with Crippen molar-refractivity contribution in [1.29, 1.82) is 0 Å². The molecule has 1 aromatic carbocycles. The Morgan fingerprint density at radius 3 is 2.71 bits per heavy atom. The van der Waals surface area contributed by atoms with Crippen LogP contribution in [0.4, 0.5) is 11.4 Å². The van der Waals surface area contributed by atoms with Crippen molar-refractivity contribution in [1.82, 2.24) is 14.8 Å². The third kappa shape index (κ3) is 2.42. The van der Waals surface area contributed by atoms with Crippen molar-refractivity contribution >= 4 is 22.1 Å². The molecule has 3 aromatic rings. The Hall–Kier alpha value is -2.56. The number of nitrogens with two attached hydrogens (primary N) is 1. The van der Waals surface area contributed by atoms with E-state index in [0.29, 0.717) is 0 Å². The number of hydrogen-bond donors (Lipinski definition) is 2. The predicted molar refractivity (Wildman–Crippen MR) is 86.2 cm³/mol. The number of anilines is 2. The zero-order chi connectivity index (χ0) is 15.0. The second kappa shape index (κ2) is 5.09. The van der Waals surface area contributed by atoms with E-state index in [0.717, 1.165) is 34.4 Å². The lowest BCUT2D eigenvalue weighted by Gasteiger charge is -2.11. The molecule has 0 fully saturated rings. The van der Waals surface area contributed by atoms with Gasteiger partial charge in [0.1, 0.15) is 0 Å². The molecule has 0 aliphatic carbocycles. The first-order chi connectivity index (χ1) is 10.1. The molecule has 2 aromatic heterocycles. The van der Waals surface area contributed by atoms with E-state index >= 15 is 0 Å². The minimum atomic E-state index is 0.736. The Morgan fingerprint density at radius 2 is 2.00 bits per heavy atom. The van der Waals surface area contributed by atoms with Crippen LogP contribution in [0.3, 0.4) is 0 Å². The fourth-order valence-electron chi connectivity index (χ4n) is 2.43. The minimum absolute atomic E-state index is 0.736. The van der Waals surface area contributed by atoms with Crippen molar-refractivity contribution in [2.75, 3.05) is 11.1 Å². The molecule has 0 atom stereocenters. The molecule has 3 N–H and O–H groups in total. The molecule has 0 amide bonds. The van der Waals surface area contributed by atoms with Gasteiger partial charge in [-0.3, -0.25) is 9.67 Å². The molecule has 5 heteroatoms. The van der Waals surface area contributed by atoms with Crippen molar-refractivity contribution in [3.63, 3.8) is 0 Å². The lowest BCUT2D eigenvalue weighted by Crippen LogP contribution is -2.03. The van der Waals surface area contributed by atoms with Crippen molar-refractivity contribution in [3.8, 4) is 0 Å². The van der Waals surface area contributed by atoms with E-state index in [9.17, 15) is 0 Å². The van der Waals surface area contributed by atoms with E-state index in [4.69, 9.17) is 5.73 Å². The van der Waals surface area contributed by atoms with E-state index in [1.807, 2.05) is 43.2 Å². The first-order valence-electron chi connectivity index (χ1n) is 6.92. The highest BCUT2D eigenvalue weighted by molar-refractivity contribution is 6.00. The van der Waals surface area contributed by atoms with Gasteiger partial charge in [0, 0.05) is 58.9 Å². The second-order valence-electron chi connectivity index (χ2n) is 5.31. The summed E-state index contributed by atoms with van der Waals surface area (Å²) >= 11 is 0. The van der Waals surface area contributed by atoms with Crippen LogP contribution >= 0.6 is 0 Å². The van der Waals surface area contributed by atoms with Crippen molar-refractivity contribution < 1.29 is 0 Å². The average Bonchev–Trinajstić information content (AvgIpc) is 2.78. The normalized spacial score (nSPS) is 11.0. The molecule has 0 saturated carbocycles. The first kappa shape index (κ1) is 13.4. The lowest BCUT2D eigenvalue weighted by atomic mass is 10.1. The van der Waals surface area contributed by atoms with Gasteiger partial charge < -0.3 is 11.1 Å². The standard InChI is InChI=1S/C16H19N5/c1-10-6-13-14(9-18-10)15(17)4-5-16(13)19-7-12-8-20-21(3)11(12)2/h4-6,8-9,19H,7,17H2,1-3H3. The molecule has 0 radical (unpaired) electrons. The van der Waals surface area contributed by atoms with Crippen LogP contribution in [0.15, 0.2) is 30.6 Å². The molecule has 2 heterocycles. The lowest BCUT2D eigenvalue weighted by molar-refractivity contribution is 0.738. The van der Waals surface area contributed by atoms with Gasteiger partial charge in [-0.1, -0.05) is 0 Å². The number of aromatic nitrogens is 3. The molecule has 0 saturated heterocycles. The molecule has 3 rings (SSSR count). The summed E-state index contributed by atoms with van der Waals surface area (Å²) in [6.07, 6.45) is 3.73. The number of benzene rings is 1. The van der Waals surface area contributed by atoms with Gasteiger partial charge in [-0.05, 0) is 32.0 Å². The van der Waals surface area contributed by atoms with E-state index in [1.54, 1.807) is 0 Å². The molecular formula is C16H19N5. The summed E-state index contributed by atoms with van der Waals surface area (Å²) in [6.45, 7) is 4.79. The van der Waals surface area contributed by atoms with Crippen molar-refractivity contribution in [2.45, 2.75) is 20.4 Å². The van der Waals surface area contributed by atoms with Crippen LogP contribution in [0.5, 0.6) is 0 Å². The predicted octanol–water partition coefficient (Wildman–Crippen LogP) is 2.78.